The lowest BCUT2D eigenvalue weighted by Gasteiger charge is -2.12. The minimum absolute atomic E-state index is 0.120. The van der Waals surface area contributed by atoms with Gasteiger partial charge in [-0.15, -0.1) is 0 Å². The first-order chi connectivity index (χ1) is 8.49. The van der Waals surface area contributed by atoms with Crippen molar-refractivity contribution >= 4 is 10.0 Å². The molecule has 6 heteroatoms. The number of ether oxygens (including phenoxy) is 1. The van der Waals surface area contributed by atoms with Gasteiger partial charge in [0.15, 0.2) is 0 Å². The van der Waals surface area contributed by atoms with Gasteiger partial charge in [-0.05, 0) is 12.8 Å². The number of hydrogen-bond acceptors (Lipinski definition) is 4. The first-order valence-electron chi connectivity index (χ1n) is 6.82. The molecule has 108 valence electrons. The number of nitrogens with one attached hydrogen (secondary N) is 2. The second-order valence-corrected chi connectivity index (χ2v) is 7.03. The van der Waals surface area contributed by atoms with E-state index in [1.165, 1.54) is 12.8 Å². The van der Waals surface area contributed by atoms with Crippen molar-refractivity contribution in [1.82, 2.24) is 10.0 Å². The Morgan fingerprint density at radius 2 is 1.89 bits per heavy atom. The lowest BCUT2D eigenvalue weighted by atomic mass is 10.3. The van der Waals surface area contributed by atoms with Crippen molar-refractivity contribution in [3.8, 4) is 0 Å². The third-order valence-electron chi connectivity index (χ3n) is 3.00. The molecule has 1 fully saturated rings. The van der Waals surface area contributed by atoms with E-state index in [9.17, 15) is 8.42 Å². The molecule has 1 saturated carbocycles. The Hall–Kier alpha value is -0.170. The third kappa shape index (κ3) is 7.31. The summed E-state index contributed by atoms with van der Waals surface area (Å²) in [5, 5.41) is 3.09. The van der Waals surface area contributed by atoms with E-state index in [0.29, 0.717) is 31.8 Å². The van der Waals surface area contributed by atoms with Crippen molar-refractivity contribution in [3.05, 3.63) is 0 Å². The van der Waals surface area contributed by atoms with Gasteiger partial charge in [0.1, 0.15) is 0 Å². The average molecular weight is 278 g/mol. The van der Waals surface area contributed by atoms with Gasteiger partial charge >= 0.3 is 0 Å². The van der Waals surface area contributed by atoms with Crippen LogP contribution in [0.1, 0.15) is 39.5 Å². The Labute approximate surface area is 111 Å². The fraction of sp³-hybridized carbons (Fsp3) is 1.00. The van der Waals surface area contributed by atoms with E-state index >= 15 is 0 Å². The van der Waals surface area contributed by atoms with Crippen LogP contribution in [0.2, 0.25) is 0 Å². The summed E-state index contributed by atoms with van der Waals surface area (Å²) < 4.78 is 31.4. The van der Waals surface area contributed by atoms with Gasteiger partial charge in [0.2, 0.25) is 10.0 Å². The predicted molar refractivity (Wildman–Crippen MR) is 73.1 cm³/mol. The molecule has 5 nitrogen and oxygen atoms in total. The summed E-state index contributed by atoms with van der Waals surface area (Å²) in [6.07, 6.45) is 5.04. The molecule has 18 heavy (non-hydrogen) atoms. The van der Waals surface area contributed by atoms with Crippen LogP contribution in [0, 0.1) is 0 Å². The van der Waals surface area contributed by atoms with Gasteiger partial charge in [0.05, 0.1) is 18.5 Å². The van der Waals surface area contributed by atoms with Crippen LogP contribution in [0.25, 0.3) is 0 Å². The Morgan fingerprint density at radius 3 is 2.50 bits per heavy atom. The van der Waals surface area contributed by atoms with Gasteiger partial charge in [-0.1, -0.05) is 26.7 Å². The molecule has 1 aliphatic carbocycles. The van der Waals surface area contributed by atoms with Crippen LogP contribution in [0.4, 0.5) is 0 Å². The van der Waals surface area contributed by atoms with Gasteiger partial charge < -0.3 is 10.1 Å². The molecule has 0 radical (unpaired) electrons. The van der Waals surface area contributed by atoms with Crippen LogP contribution in [-0.2, 0) is 14.8 Å². The number of rotatable bonds is 9. The predicted octanol–water partition coefficient (Wildman–Crippen LogP) is 0.863. The highest BCUT2D eigenvalue weighted by atomic mass is 32.2. The van der Waals surface area contributed by atoms with E-state index in [-0.39, 0.29) is 5.75 Å². The standard InChI is InChI=1S/C12H26N2O3S/c1-11(2)13-8-10-18(15,16)14-7-9-17-12-5-3-4-6-12/h11-14H,3-10H2,1-2H3. The molecule has 2 N–H and O–H groups in total. The zero-order valence-electron chi connectivity index (χ0n) is 11.4. The molecule has 0 bridgehead atoms. The molecule has 0 atom stereocenters. The van der Waals surface area contributed by atoms with E-state index < -0.39 is 10.0 Å². The molecular weight excluding hydrogens is 252 g/mol. The van der Waals surface area contributed by atoms with E-state index in [2.05, 4.69) is 10.0 Å². The van der Waals surface area contributed by atoms with Gasteiger partial charge in [-0.2, -0.15) is 0 Å². The van der Waals surface area contributed by atoms with E-state index in [1.807, 2.05) is 13.8 Å². The largest absolute Gasteiger partial charge is 0.377 e. The van der Waals surface area contributed by atoms with E-state index in [1.54, 1.807) is 0 Å². The molecule has 0 unspecified atom stereocenters. The Kier molecular flexibility index (Phi) is 7.14. The molecule has 0 aromatic carbocycles. The quantitative estimate of drug-likeness (QED) is 0.614. The lowest BCUT2D eigenvalue weighted by molar-refractivity contribution is 0.0626. The maximum absolute atomic E-state index is 11.6. The summed E-state index contributed by atoms with van der Waals surface area (Å²) >= 11 is 0. The van der Waals surface area contributed by atoms with Crippen LogP contribution in [0.15, 0.2) is 0 Å². The highest BCUT2D eigenvalue weighted by Crippen LogP contribution is 2.20. The van der Waals surface area contributed by atoms with Crippen LogP contribution in [0.3, 0.4) is 0 Å². The Balaban J connectivity index is 2.05. The van der Waals surface area contributed by atoms with Gasteiger partial charge in [-0.3, -0.25) is 0 Å². The van der Waals surface area contributed by atoms with Crippen molar-refractivity contribution in [1.29, 1.82) is 0 Å². The number of sulfonamides is 1. The maximum Gasteiger partial charge on any atom is 0.212 e. The van der Waals surface area contributed by atoms with Gasteiger partial charge in [0.25, 0.3) is 0 Å². The van der Waals surface area contributed by atoms with Crippen molar-refractivity contribution in [2.45, 2.75) is 51.7 Å². The normalized spacial score (nSPS) is 17.7. The fourth-order valence-corrected chi connectivity index (χ4v) is 2.96. The molecular formula is C12H26N2O3S. The van der Waals surface area contributed by atoms with Crippen molar-refractivity contribution in [2.24, 2.45) is 0 Å². The molecule has 0 heterocycles. The summed E-state index contributed by atoms with van der Waals surface area (Å²) in [6.45, 7) is 5.32. The van der Waals surface area contributed by atoms with Crippen molar-refractivity contribution in [2.75, 3.05) is 25.4 Å². The second kappa shape index (κ2) is 8.09. The second-order valence-electron chi connectivity index (χ2n) is 5.10. The highest BCUT2D eigenvalue weighted by Gasteiger charge is 2.15. The first kappa shape index (κ1) is 15.9. The van der Waals surface area contributed by atoms with E-state index in [4.69, 9.17) is 4.74 Å². The monoisotopic (exact) mass is 278 g/mol. The molecule has 0 aromatic rings. The molecule has 0 saturated heterocycles. The third-order valence-corrected chi connectivity index (χ3v) is 4.39. The highest BCUT2D eigenvalue weighted by molar-refractivity contribution is 7.89. The topological polar surface area (TPSA) is 67.4 Å². The first-order valence-corrected chi connectivity index (χ1v) is 8.47. The van der Waals surface area contributed by atoms with E-state index in [0.717, 1.165) is 12.8 Å². The van der Waals surface area contributed by atoms with Crippen LogP contribution in [0.5, 0.6) is 0 Å². The smallest absolute Gasteiger partial charge is 0.212 e. The SMILES string of the molecule is CC(C)NCCS(=O)(=O)NCCOC1CCCC1. The van der Waals surface area contributed by atoms with Crippen LogP contribution >= 0.6 is 0 Å². The Morgan fingerprint density at radius 1 is 1.22 bits per heavy atom. The minimum atomic E-state index is -3.17. The summed E-state index contributed by atoms with van der Waals surface area (Å²) in [5.74, 6) is 0.120. The summed E-state index contributed by atoms with van der Waals surface area (Å²) in [7, 11) is -3.17. The molecule has 1 rings (SSSR count). The van der Waals surface area contributed by atoms with Crippen LogP contribution in [-0.4, -0.2) is 46.0 Å². The van der Waals surface area contributed by atoms with Crippen molar-refractivity contribution < 1.29 is 13.2 Å². The molecule has 0 spiro atoms. The van der Waals surface area contributed by atoms with Gasteiger partial charge in [-0.25, -0.2) is 13.1 Å². The lowest BCUT2D eigenvalue weighted by Crippen LogP contribution is -2.36. The van der Waals surface area contributed by atoms with Crippen LogP contribution < -0.4 is 10.0 Å². The zero-order chi connectivity index (χ0) is 13.4. The molecule has 0 amide bonds. The average Bonchev–Trinajstić information content (AvgIpc) is 2.76. The maximum atomic E-state index is 11.6. The fourth-order valence-electron chi connectivity index (χ4n) is 2.03. The number of hydrogen-bond donors (Lipinski definition) is 2. The summed E-state index contributed by atoms with van der Waals surface area (Å²) in [4.78, 5) is 0. The minimum Gasteiger partial charge on any atom is -0.377 e. The van der Waals surface area contributed by atoms with Gasteiger partial charge in [0, 0.05) is 19.1 Å². The summed E-state index contributed by atoms with van der Waals surface area (Å²) in [5.41, 5.74) is 0. The zero-order valence-corrected chi connectivity index (χ0v) is 12.3. The Bertz CT molecular complexity index is 311. The molecule has 1 aliphatic rings. The van der Waals surface area contributed by atoms with Crippen molar-refractivity contribution in [3.63, 3.8) is 0 Å². The molecule has 0 aliphatic heterocycles. The summed E-state index contributed by atoms with van der Waals surface area (Å²) in [6, 6.07) is 0.311. The molecule has 0 aromatic heterocycles.